The number of nitrogens with zero attached hydrogens (tertiary/aromatic N) is 4. The maximum Gasteiger partial charge on any atom is 0.0966 e. The van der Waals surface area contributed by atoms with Crippen molar-refractivity contribution < 1.29 is 0 Å². The van der Waals surface area contributed by atoms with Crippen molar-refractivity contribution in [2.75, 3.05) is 36.0 Å². The zero-order valence-corrected chi connectivity index (χ0v) is 14.5. The highest BCUT2D eigenvalue weighted by atomic mass is 15.3. The van der Waals surface area contributed by atoms with Crippen LogP contribution in [-0.2, 0) is 0 Å². The van der Waals surface area contributed by atoms with Gasteiger partial charge in [0.05, 0.1) is 17.4 Å². The van der Waals surface area contributed by atoms with Crippen molar-refractivity contribution in [1.29, 1.82) is 0 Å². The Morgan fingerprint density at radius 2 is 1.46 bits per heavy atom. The molecule has 3 heterocycles. The van der Waals surface area contributed by atoms with Crippen LogP contribution in [0.25, 0.3) is 21.7 Å². The molecule has 0 aliphatic carbocycles. The highest BCUT2D eigenvalue weighted by Gasteiger charge is 2.19. The highest BCUT2D eigenvalue weighted by Crippen LogP contribution is 2.27. The van der Waals surface area contributed by atoms with Gasteiger partial charge in [0.2, 0.25) is 0 Å². The number of benzene rings is 2. The molecule has 0 N–H and O–H groups in total. The third kappa shape index (κ3) is 2.64. The van der Waals surface area contributed by atoms with Crippen molar-refractivity contribution >= 4 is 33.1 Å². The van der Waals surface area contributed by atoms with Crippen LogP contribution in [0.5, 0.6) is 0 Å². The first-order valence-corrected chi connectivity index (χ1v) is 9.06. The Labute approximate surface area is 152 Å². The predicted molar refractivity (Wildman–Crippen MR) is 108 cm³/mol. The summed E-state index contributed by atoms with van der Waals surface area (Å²) in [6, 6.07) is 19.3. The third-order valence-corrected chi connectivity index (χ3v) is 5.21. The van der Waals surface area contributed by atoms with Gasteiger partial charge in [-0.3, -0.25) is 9.97 Å². The summed E-state index contributed by atoms with van der Waals surface area (Å²) in [5.41, 5.74) is 3.49. The van der Waals surface area contributed by atoms with Gasteiger partial charge in [0.1, 0.15) is 0 Å². The predicted octanol–water partition coefficient (Wildman–Crippen LogP) is 4.11. The molecule has 0 saturated carbocycles. The van der Waals surface area contributed by atoms with Crippen molar-refractivity contribution in [3.05, 3.63) is 73.2 Å². The third-order valence-electron chi connectivity index (χ3n) is 5.21. The molecule has 1 saturated heterocycles. The van der Waals surface area contributed by atoms with Crippen LogP contribution in [0.1, 0.15) is 0 Å². The fourth-order valence-corrected chi connectivity index (χ4v) is 3.80. The summed E-state index contributed by atoms with van der Waals surface area (Å²) in [4.78, 5) is 13.8. The number of piperazine rings is 1. The van der Waals surface area contributed by atoms with E-state index in [1.165, 1.54) is 16.5 Å². The number of pyridine rings is 2. The van der Waals surface area contributed by atoms with Crippen LogP contribution in [0.2, 0.25) is 0 Å². The van der Waals surface area contributed by atoms with Gasteiger partial charge < -0.3 is 9.80 Å². The second-order valence-electron chi connectivity index (χ2n) is 6.74. The maximum atomic E-state index is 4.57. The normalized spacial score (nSPS) is 14.9. The molecule has 128 valence electrons. The van der Waals surface area contributed by atoms with Crippen LogP contribution in [0.15, 0.2) is 73.2 Å². The van der Waals surface area contributed by atoms with Gasteiger partial charge >= 0.3 is 0 Å². The lowest BCUT2D eigenvalue weighted by atomic mass is 10.1. The lowest BCUT2D eigenvalue weighted by molar-refractivity contribution is 0.654. The van der Waals surface area contributed by atoms with E-state index in [9.17, 15) is 0 Å². The molecule has 26 heavy (non-hydrogen) atoms. The molecule has 4 nitrogen and oxygen atoms in total. The Kier molecular flexibility index (Phi) is 3.67. The Morgan fingerprint density at radius 1 is 0.692 bits per heavy atom. The smallest absolute Gasteiger partial charge is 0.0966 e. The second-order valence-corrected chi connectivity index (χ2v) is 6.74. The molecule has 2 aromatic heterocycles. The van der Waals surface area contributed by atoms with Gasteiger partial charge in [-0.15, -0.1) is 0 Å². The first-order valence-electron chi connectivity index (χ1n) is 9.06. The molecule has 1 fully saturated rings. The number of fused-ring (bicyclic) bond motifs is 2. The van der Waals surface area contributed by atoms with Crippen LogP contribution in [-0.4, -0.2) is 36.1 Å². The summed E-state index contributed by atoms with van der Waals surface area (Å²) in [7, 11) is 0. The van der Waals surface area contributed by atoms with E-state index in [1.807, 2.05) is 24.7 Å². The van der Waals surface area contributed by atoms with E-state index in [4.69, 9.17) is 0 Å². The van der Waals surface area contributed by atoms with E-state index in [0.717, 1.165) is 42.8 Å². The zero-order valence-electron chi connectivity index (χ0n) is 14.5. The first-order chi connectivity index (χ1) is 12.9. The lowest BCUT2D eigenvalue weighted by Gasteiger charge is -2.37. The number of hydrogen-bond acceptors (Lipinski definition) is 4. The maximum absolute atomic E-state index is 4.57. The minimum Gasteiger partial charge on any atom is -0.368 e. The summed E-state index contributed by atoms with van der Waals surface area (Å²) in [6.07, 6.45) is 5.69. The van der Waals surface area contributed by atoms with Crippen LogP contribution < -0.4 is 9.80 Å². The van der Waals surface area contributed by atoms with Gasteiger partial charge in [0.25, 0.3) is 0 Å². The number of anilines is 2. The fraction of sp³-hybridized carbons (Fsp3) is 0.182. The lowest BCUT2D eigenvalue weighted by Crippen LogP contribution is -2.46. The van der Waals surface area contributed by atoms with Crippen molar-refractivity contribution in [2.45, 2.75) is 0 Å². The quantitative estimate of drug-likeness (QED) is 0.550. The zero-order chi connectivity index (χ0) is 17.3. The van der Waals surface area contributed by atoms with E-state index < -0.39 is 0 Å². The molecule has 4 aromatic rings. The SMILES string of the molecule is c1ccc2cc(N3CCN(c4cncc5cccnc45)CC3)ccc2c1. The van der Waals surface area contributed by atoms with Gasteiger partial charge in [0.15, 0.2) is 0 Å². The van der Waals surface area contributed by atoms with Crippen molar-refractivity contribution in [3.63, 3.8) is 0 Å². The molecular formula is C22H20N4. The molecule has 1 aliphatic heterocycles. The number of hydrogen-bond donors (Lipinski definition) is 0. The van der Waals surface area contributed by atoms with Gasteiger partial charge in [-0.2, -0.15) is 0 Å². The Morgan fingerprint density at radius 3 is 2.35 bits per heavy atom. The molecule has 0 atom stereocenters. The molecule has 1 aliphatic rings. The van der Waals surface area contributed by atoms with Crippen LogP contribution in [0, 0.1) is 0 Å². The Hall–Kier alpha value is -3.14. The van der Waals surface area contributed by atoms with E-state index >= 15 is 0 Å². The standard InChI is InChI=1S/C22H20N4/c1-2-5-18-14-20(8-7-17(18)4-1)25-10-12-26(13-11-25)21-16-23-15-19-6-3-9-24-22(19)21/h1-9,14-16H,10-13H2. The summed E-state index contributed by atoms with van der Waals surface area (Å²) in [5.74, 6) is 0. The van der Waals surface area contributed by atoms with Gasteiger partial charge in [-0.25, -0.2) is 0 Å². The van der Waals surface area contributed by atoms with E-state index in [0.29, 0.717) is 0 Å². The first kappa shape index (κ1) is 15.1. The molecule has 0 radical (unpaired) electrons. The van der Waals surface area contributed by atoms with E-state index in [2.05, 4.69) is 68.3 Å². The van der Waals surface area contributed by atoms with Gasteiger partial charge in [-0.1, -0.05) is 30.3 Å². The average Bonchev–Trinajstić information content (AvgIpc) is 2.73. The van der Waals surface area contributed by atoms with Crippen LogP contribution in [0.4, 0.5) is 11.4 Å². The van der Waals surface area contributed by atoms with Gasteiger partial charge in [-0.05, 0) is 35.0 Å². The van der Waals surface area contributed by atoms with Gasteiger partial charge in [0, 0.05) is 49.6 Å². The highest BCUT2D eigenvalue weighted by molar-refractivity contribution is 5.90. The minimum atomic E-state index is 0.976. The molecular weight excluding hydrogens is 320 g/mol. The molecule has 0 amide bonds. The Balaban J connectivity index is 1.38. The topological polar surface area (TPSA) is 32.3 Å². The molecule has 0 unspecified atom stereocenters. The fourth-order valence-electron chi connectivity index (χ4n) is 3.80. The Bertz CT molecular complexity index is 1060. The van der Waals surface area contributed by atoms with E-state index in [1.54, 1.807) is 0 Å². The largest absolute Gasteiger partial charge is 0.368 e. The number of rotatable bonds is 2. The molecule has 5 rings (SSSR count). The second kappa shape index (κ2) is 6.30. The number of aromatic nitrogens is 2. The summed E-state index contributed by atoms with van der Waals surface area (Å²) >= 11 is 0. The average molecular weight is 340 g/mol. The van der Waals surface area contributed by atoms with Crippen molar-refractivity contribution in [2.24, 2.45) is 0 Å². The molecule has 0 spiro atoms. The molecule has 4 heteroatoms. The summed E-state index contributed by atoms with van der Waals surface area (Å²) in [5, 5.41) is 3.69. The summed E-state index contributed by atoms with van der Waals surface area (Å²) < 4.78 is 0. The molecule has 0 bridgehead atoms. The van der Waals surface area contributed by atoms with Crippen molar-refractivity contribution in [3.8, 4) is 0 Å². The molecule has 2 aromatic carbocycles. The minimum absolute atomic E-state index is 0.976. The van der Waals surface area contributed by atoms with Crippen LogP contribution in [0.3, 0.4) is 0 Å². The van der Waals surface area contributed by atoms with Crippen molar-refractivity contribution in [1.82, 2.24) is 9.97 Å². The summed E-state index contributed by atoms with van der Waals surface area (Å²) in [6.45, 7) is 3.96. The van der Waals surface area contributed by atoms with Crippen LogP contribution >= 0.6 is 0 Å². The monoisotopic (exact) mass is 340 g/mol. The van der Waals surface area contributed by atoms with E-state index in [-0.39, 0.29) is 0 Å².